The van der Waals surface area contributed by atoms with E-state index in [0.29, 0.717) is 21.2 Å². The van der Waals surface area contributed by atoms with Crippen LogP contribution in [0.5, 0.6) is 0 Å². The van der Waals surface area contributed by atoms with E-state index in [9.17, 15) is 9.13 Å². The molecule has 0 bridgehead atoms. The molecule has 0 atom stereocenters. The fourth-order valence-electron chi connectivity index (χ4n) is 4.14. The fraction of sp³-hybridized carbons (Fsp3) is 0.194. The van der Waals surface area contributed by atoms with E-state index in [1.807, 2.05) is 121 Å². The van der Waals surface area contributed by atoms with E-state index >= 15 is 0 Å². The monoisotopic (exact) mass is 799 g/mol. The Balaban J connectivity index is 0.000000459. The van der Waals surface area contributed by atoms with Crippen LogP contribution in [0.4, 0.5) is 0 Å². The molecular weight excluding hydrogens is 763 g/mol. The van der Waals surface area contributed by atoms with Gasteiger partial charge in [-0.05, 0) is 49.9 Å². The van der Waals surface area contributed by atoms with Crippen molar-refractivity contribution in [3.05, 3.63) is 127 Å². The van der Waals surface area contributed by atoms with Gasteiger partial charge in [-0.25, -0.2) is 0 Å². The summed E-state index contributed by atoms with van der Waals surface area (Å²) in [5.41, 5.74) is 0. The fourth-order valence-corrected chi connectivity index (χ4v) is 12.7. The molecule has 39 heavy (non-hydrogen) atoms. The predicted octanol–water partition coefficient (Wildman–Crippen LogP) is 8.77. The second-order valence-electron chi connectivity index (χ2n) is 8.63. The zero-order chi connectivity index (χ0) is 28.6. The molecule has 0 N–H and O–H groups in total. The molecule has 4 aromatic carbocycles. The SMILES string of the molecule is CC[PH+](CC)CC.O=P([CH-]P(=O)(c1ccccc1)c1ccccc1)(c1ccccc1)c1ccccc1.[Cl][Pt][Cl]. The van der Waals surface area contributed by atoms with Gasteiger partial charge in [0.2, 0.25) is 0 Å². The molecule has 0 aliphatic carbocycles. The van der Waals surface area contributed by atoms with Gasteiger partial charge in [-0.2, -0.15) is 5.90 Å². The summed E-state index contributed by atoms with van der Waals surface area (Å²) in [7, 11) is 3.36. The first-order chi connectivity index (χ1) is 18.9. The molecule has 0 radical (unpaired) electrons. The third-order valence-electron chi connectivity index (χ3n) is 6.38. The van der Waals surface area contributed by atoms with Crippen molar-refractivity contribution in [1.29, 1.82) is 0 Å². The summed E-state index contributed by atoms with van der Waals surface area (Å²) in [6, 6.07) is 37.4. The topological polar surface area (TPSA) is 34.1 Å². The summed E-state index contributed by atoms with van der Waals surface area (Å²) >= 11 is -0.472. The minimum absolute atomic E-state index is 0.137. The molecular formula is C31H37Cl2O2P3Pt. The van der Waals surface area contributed by atoms with Gasteiger partial charge in [0.05, 0.1) is 18.5 Å². The maximum absolute atomic E-state index is 14.6. The summed E-state index contributed by atoms with van der Waals surface area (Å²) in [6.07, 6.45) is 4.37. The first-order valence-electron chi connectivity index (χ1n) is 12.8. The van der Waals surface area contributed by atoms with Crippen LogP contribution in [-0.4, -0.2) is 18.5 Å². The summed E-state index contributed by atoms with van der Waals surface area (Å²) in [5, 5.41) is 2.72. The van der Waals surface area contributed by atoms with E-state index in [4.69, 9.17) is 18.8 Å². The standard InChI is InChI=1S/C25H21O2P2.C6H15P.2ClH.Pt/c26-28(22-13-5-1-6-14-22,23-15-7-2-8-16-23)21-29(27,24-17-9-3-10-18-24)25-19-11-4-12-20-25;1-4-7(5-2)6-3;;;/h1-21H;4-6H2,1-3H3;2*1H;/q-1;;;;+2/p-1. The van der Waals surface area contributed by atoms with Crippen molar-refractivity contribution >= 4 is 62.3 Å². The van der Waals surface area contributed by atoms with E-state index in [-0.39, 0.29) is 7.92 Å². The molecule has 0 aliphatic rings. The van der Waals surface area contributed by atoms with Gasteiger partial charge in [-0.1, -0.05) is 121 Å². The molecule has 2 nitrogen and oxygen atoms in total. The Morgan fingerprint density at radius 3 is 0.897 bits per heavy atom. The molecule has 0 fully saturated rings. The van der Waals surface area contributed by atoms with Crippen LogP contribution in [0.2, 0.25) is 0 Å². The third kappa shape index (κ3) is 10.1. The molecule has 0 saturated heterocycles. The Morgan fingerprint density at radius 2 is 0.744 bits per heavy atom. The van der Waals surface area contributed by atoms with Gasteiger partial charge >= 0.3 is 35.3 Å². The van der Waals surface area contributed by atoms with Gasteiger partial charge in [0, 0.05) is 14.3 Å². The second kappa shape index (κ2) is 18.5. The molecule has 8 heteroatoms. The van der Waals surface area contributed by atoms with Crippen molar-refractivity contribution in [2.75, 3.05) is 18.5 Å². The molecule has 4 aromatic rings. The van der Waals surface area contributed by atoms with E-state index < -0.39 is 30.8 Å². The third-order valence-corrected chi connectivity index (χ3v) is 16.2. The summed E-state index contributed by atoms with van der Waals surface area (Å²) in [4.78, 5) is 0. The molecule has 0 amide bonds. The van der Waals surface area contributed by atoms with Crippen molar-refractivity contribution < 1.29 is 25.6 Å². The number of benzene rings is 4. The summed E-state index contributed by atoms with van der Waals surface area (Å²) < 4.78 is 29.1. The van der Waals surface area contributed by atoms with Crippen LogP contribution in [0.15, 0.2) is 121 Å². The Labute approximate surface area is 252 Å². The number of halogens is 2. The van der Waals surface area contributed by atoms with Gasteiger partial charge in [-0.3, -0.25) is 0 Å². The van der Waals surface area contributed by atoms with Crippen molar-refractivity contribution in [2.24, 2.45) is 0 Å². The first-order valence-corrected chi connectivity index (χ1v) is 24.1. The number of hydrogen-bond acceptors (Lipinski definition) is 2. The Bertz CT molecular complexity index is 1100. The average molecular weight is 801 g/mol. The summed E-state index contributed by atoms with van der Waals surface area (Å²) in [6.45, 7) is 6.92. The van der Waals surface area contributed by atoms with Crippen LogP contribution in [0.1, 0.15) is 20.8 Å². The normalized spacial score (nSPS) is 11.2. The molecule has 0 unspecified atom stereocenters. The van der Waals surface area contributed by atoms with Crippen molar-refractivity contribution in [3.63, 3.8) is 0 Å². The van der Waals surface area contributed by atoms with Crippen LogP contribution >= 0.6 is 41.0 Å². The molecule has 0 saturated carbocycles. The van der Waals surface area contributed by atoms with Crippen LogP contribution in [-0.2, 0) is 25.6 Å². The van der Waals surface area contributed by atoms with Gasteiger partial charge < -0.3 is 9.13 Å². The number of rotatable bonds is 9. The summed E-state index contributed by atoms with van der Waals surface area (Å²) in [5.74, 6) is 1.63. The first kappa shape index (κ1) is 34.2. The maximum atomic E-state index is 14.6. The zero-order valence-electron chi connectivity index (χ0n) is 22.5. The molecule has 212 valence electrons. The van der Waals surface area contributed by atoms with Crippen molar-refractivity contribution in [2.45, 2.75) is 20.8 Å². The minimum atomic E-state index is -3.26. The predicted molar refractivity (Wildman–Crippen MR) is 175 cm³/mol. The van der Waals surface area contributed by atoms with E-state index in [1.54, 1.807) is 5.90 Å². The Kier molecular flexibility index (Phi) is 16.2. The average Bonchev–Trinajstić information content (AvgIpc) is 3.00. The molecule has 0 aliphatic heterocycles. The molecule has 0 heterocycles. The Morgan fingerprint density at radius 1 is 0.538 bits per heavy atom. The van der Waals surface area contributed by atoms with E-state index in [2.05, 4.69) is 20.8 Å². The zero-order valence-corrected chi connectivity index (χ0v) is 29.1. The van der Waals surface area contributed by atoms with Gasteiger partial charge in [0.15, 0.2) is 0 Å². The van der Waals surface area contributed by atoms with E-state index in [1.165, 1.54) is 18.5 Å². The van der Waals surface area contributed by atoms with Gasteiger partial charge in [0.25, 0.3) is 0 Å². The van der Waals surface area contributed by atoms with E-state index in [0.717, 1.165) is 0 Å². The van der Waals surface area contributed by atoms with Crippen LogP contribution in [0, 0.1) is 5.90 Å². The van der Waals surface area contributed by atoms with Crippen LogP contribution in [0.3, 0.4) is 0 Å². The molecule has 0 aromatic heterocycles. The molecule has 0 spiro atoms. The quantitative estimate of drug-likeness (QED) is 0.125. The Hall–Kier alpha value is -0.962. The molecule has 4 rings (SSSR count). The van der Waals surface area contributed by atoms with Crippen LogP contribution in [0.25, 0.3) is 0 Å². The second-order valence-corrected chi connectivity index (χ2v) is 21.2. The van der Waals surface area contributed by atoms with Crippen molar-refractivity contribution in [3.8, 4) is 0 Å². The van der Waals surface area contributed by atoms with Crippen LogP contribution < -0.4 is 21.2 Å². The number of hydrogen-bond donors (Lipinski definition) is 0. The van der Waals surface area contributed by atoms with Gasteiger partial charge in [0.1, 0.15) is 0 Å². The van der Waals surface area contributed by atoms with Crippen molar-refractivity contribution in [1.82, 2.24) is 0 Å². The van der Waals surface area contributed by atoms with Gasteiger partial charge in [-0.15, -0.1) is 0 Å².